The molecule has 0 aliphatic heterocycles. The van der Waals surface area contributed by atoms with Crippen LogP contribution in [-0.2, 0) is 20.0 Å². The van der Waals surface area contributed by atoms with Crippen molar-refractivity contribution in [3.63, 3.8) is 0 Å². The molecule has 0 unspecified atom stereocenters. The van der Waals surface area contributed by atoms with Crippen molar-refractivity contribution in [1.82, 2.24) is 20.2 Å². The van der Waals surface area contributed by atoms with Crippen LogP contribution in [-0.4, -0.2) is 20.2 Å². The highest BCUT2D eigenvalue weighted by Gasteiger charge is 1.99. The van der Waals surface area contributed by atoms with Gasteiger partial charge in [0.15, 0.2) is 5.82 Å². The lowest BCUT2D eigenvalue weighted by Crippen LogP contribution is -2.02. The number of hydrogen-bond acceptors (Lipinski definition) is 4. The van der Waals surface area contributed by atoms with Gasteiger partial charge in [0, 0.05) is 5.69 Å². The molecular formula is C11H15N5. The molecule has 1 N–H and O–H groups in total. The molecule has 0 aliphatic carbocycles. The zero-order chi connectivity index (χ0) is 11.4. The molecule has 0 atom stereocenters. The zero-order valence-electron chi connectivity index (χ0n) is 9.51. The summed E-state index contributed by atoms with van der Waals surface area (Å²) in [6.45, 7) is 2.74. The van der Waals surface area contributed by atoms with E-state index in [9.17, 15) is 0 Å². The topological polar surface area (TPSA) is 55.6 Å². The van der Waals surface area contributed by atoms with E-state index in [-0.39, 0.29) is 0 Å². The molecule has 0 fully saturated rings. The van der Waals surface area contributed by atoms with Crippen molar-refractivity contribution in [2.24, 2.45) is 7.05 Å². The average Bonchev–Trinajstić information content (AvgIpc) is 2.73. The Labute approximate surface area is 94.5 Å². The molecule has 1 aromatic carbocycles. The van der Waals surface area contributed by atoms with Gasteiger partial charge in [-0.05, 0) is 29.3 Å². The van der Waals surface area contributed by atoms with Crippen molar-refractivity contribution in [2.75, 3.05) is 5.32 Å². The lowest BCUT2D eigenvalue weighted by atomic mass is 10.1. The van der Waals surface area contributed by atoms with Crippen molar-refractivity contribution in [2.45, 2.75) is 19.9 Å². The second-order valence-electron chi connectivity index (χ2n) is 3.60. The van der Waals surface area contributed by atoms with Crippen LogP contribution < -0.4 is 5.32 Å². The summed E-state index contributed by atoms with van der Waals surface area (Å²) < 4.78 is 0. The second kappa shape index (κ2) is 4.74. The Morgan fingerprint density at radius 1 is 1.25 bits per heavy atom. The average molecular weight is 217 g/mol. The van der Waals surface area contributed by atoms with Crippen LogP contribution in [0.3, 0.4) is 0 Å². The molecule has 5 nitrogen and oxygen atoms in total. The molecule has 16 heavy (non-hydrogen) atoms. The maximum absolute atomic E-state index is 4.09. The Morgan fingerprint density at radius 3 is 2.56 bits per heavy atom. The fourth-order valence-electron chi connectivity index (χ4n) is 1.43. The third-order valence-corrected chi connectivity index (χ3v) is 2.36. The molecule has 1 aromatic heterocycles. The van der Waals surface area contributed by atoms with Gasteiger partial charge in [-0.15, -0.1) is 10.2 Å². The van der Waals surface area contributed by atoms with Crippen LogP contribution in [0, 0.1) is 0 Å². The molecule has 5 heteroatoms. The minimum absolute atomic E-state index is 0.597. The van der Waals surface area contributed by atoms with E-state index in [2.05, 4.69) is 51.9 Å². The van der Waals surface area contributed by atoms with E-state index >= 15 is 0 Å². The van der Waals surface area contributed by atoms with E-state index in [1.165, 1.54) is 10.4 Å². The molecule has 2 rings (SSSR count). The van der Waals surface area contributed by atoms with E-state index in [0.717, 1.165) is 12.1 Å². The third-order valence-electron chi connectivity index (χ3n) is 2.36. The fourth-order valence-corrected chi connectivity index (χ4v) is 1.43. The summed E-state index contributed by atoms with van der Waals surface area (Å²) in [5.41, 5.74) is 2.41. The summed E-state index contributed by atoms with van der Waals surface area (Å²) >= 11 is 0. The van der Waals surface area contributed by atoms with Gasteiger partial charge >= 0.3 is 0 Å². The summed E-state index contributed by atoms with van der Waals surface area (Å²) in [7, 11) is 1.76. The first-order valence-corrected chi connectivity index (χ1v) is 5.33. The molecule has 84 valence electrons. The predicted molar refractivity (Wildman–Crippen MR) is 61.9 cm³/mol. The van der Waals surface area contributed by atoms with Crippen molar-refractivity contribution in [3.8, 4) is 0 Å². The number of anilines is 1. The molecule has 0 bridgehead atoms. The standard InChI is InChI=1S/C11H15N5/c1-3-9-4-6-10(7-5-9)12-8-11-13-15-16(2)14-11/h4-7,12H,3,8H2,1-2H3. The molecule has 0 amide bonds. The largest absolute Gasteiger partial charge is 0.378 e. The number of nitrogens with one attached hydrogen (secondary N) is 1. The first kappa shape index (κ1) is 10.6. The van der Waals surface area contributed by atoms with E-state index in [4.69, 9.17) is 0 Å². The van der Waals surface area contributed by atoms with Gasteiger partial charge in [0.1, 0.15) is 0 Å². The molecular weight excluding hydrogens is 202 g/mol. The van der Waals surface area contributed by atoms with Gasteiger partial charge in [-0.2, -0.15) is 4.80 Å². The number of tetrazole rings is 1. The molecule has 0 saturated heterocycles. The number of nitrogens with zero attached hydrogens (tertiary/aromatic N) is 4. The minimum atomic E-state index is 0.597. The Balaban J connectivity index is 1.94. The Hall–Kier alpha value is -1.91. The third kappa shape index (κ3) is 2.56. The maximum Gasteiger partial charge on any atom is 0.193 e. The quantitative estimate of drug-likeness (QED) is 0.840. The van der Waals surface area contributed by atoms with Gasteiger partial charge in [0.25, 0.3) is 0 Å². The Kier molecular flexibility index (Phi) is 3.14. The summed E-state index contributed by atoms with van der Waals surface area (Å²) in [4.78, 5) is 1.46. The molecule has 0 spiro atoms. The van der Waals surface area contributed by atoms with E-state index in [0.29, 0.717) is 12.4 Å². The van der Waals surface area contributed by atoms with Crippen LogP contribution in [0.15, 0.2) is 24.3 Å². The monoisotopic (exact) mass is 217 g/mol. The number of aromatic nitrogens is 4. The number of hydrogen-bond donors (Lipinski definition) is 1. The van der Waals surface area contributed by atoms with Crippen LogP contribution in [0.4, 0.5) is 5.69 Å². The summed E-state index contributed by atoms with van der Waals surface area (Å²) in [6.07, 6.45) is 1.06. The van der Waals surface area contributed by atoms with Crippen molar-refractivity contribution in [1.29, 1.82) is 0 Å². The van der Waals surface area contributed by atoms with E-state index in [1.54, 1.807) is 7.05 Å². The smallest absolute Gasteiger partial charge is 0.193 e. The Bertz CT molecular complexity index is 446. The predicted octanol–water partition coefficient (Wildman–Crippen LogP) is 1.38. The van der Waals surface area contributed by atoms with Gasteiger partial charge in [-0.1, -0.05) is 19.1 Å². The Morgan fingerprint density at radius 2 is 2.00 bits per heavy atom. The highest BCUT2D eigenvalue weighted by Crippen LogP contribution is 2.10. The van der Waals surface area contributed by atoms with Crippen molar-refractivity contribution in [3.05, 3.63) is 35.7 Å². The van der Waals surface area contributed by atoms with Gasteiger partial charge in [0.2, 0.25) is 0 Å². The van der Waals surface area contributed by atoms with E-state index < -0.39 is 0 Å². The van der Waals surface area contributed by atoms with Gasteiger partial charge < -0.3 is 5.32 Å². The van der Waals surface area contributed by atoms with Gasteiger partial charge in [-0.25, -0.2) is 0 Å². The van der Waals surface area contributed by atoms with Crippen molar-refractivity contribution >= 4 is 5.69 Å². The highest BCUT2D eigenvalue weighted by atomic mass is 15.6. The fraction of sp³-hybridized carbons (Fsp3) is 0.364. The van der Waals surface area contributed by atoms with Crippen molar-refractivity contribution < 1.29 is 0 Å². The van der Waals surface area contributed by atoms with Crippen LogP contribution >= 0.6 is 0 Å². The number of rotatable bonds is 4. The summed E-state index contributed by atoms with van der Waals surface area (Å²) in [6, 6.07) is 8.36. The molecule has 0 radical (unpaired) electrons. The number of aryl methyl sites for hydroxylation is 2. The van der Waals surface area contributed by atoms with Crippen LogP contribution in [0.1, 0.15) is 18.3 Å². The van der Waals surface area contributed by atoms with Gasteiger partial charge in [0.05, 0.1) is 13.6 Å². The summed E-state index contributed by atoms with van der Waals surface area (Å²) in [5, 5.41) is 15.0. The zero-order valence-corrected chi connectivity index (χ0v) is 9.51. The van der Waals surface area contributed by atoms with Crippen LogP contribution in [0.25, 0.3) is 0 Å². The first-order chi connectivity index (χ1) is 7.78. The molecule has 0 aliphatic rings. The molecule has 0 saturated carbocycles. The highest BCUT2D eigenvalue weighted by molar-refractivity contribution is 5.44. The second-order valence-corrected chi connectivity index (χ2v) is 3.60. The lowest BCUT2D eigenvalue weighted by Gasteiger charge is -2.04. The number of benzene rings is 1. The molecule has 1 heterocycles. The maximum atomic E-state index is 4.09. The van der Waals surface area contributed by atoms with Gasteiger partial charge in [-0.3, -0.25) is 0 Å². The van der Waals surface area contributed by atoms with E-state index in [1.807, 2.05) is 0 Å². The summed E-state index contributed by atoms with van der Waals surface area (Å²) in [5.74, 6) is 0.696. The van der Waals surface area contributed by atoms with Crippen LogP contribution in [0.2, 0.25) is 0 Å². The van der Waals surface area contributed by atoms with Crippen LogP contribution in [0.5, 0.6) is 0 Å². The SMILES string of the molecule is CCc1ccc(NCc2nnn(C)n2)cc1. The normalized spacial score (nSPS) is 10.4. The molecule has 2 aromatic rings. The minimum Gasteiger partial charge on any atom is -0.378 e. The lowest BCUT2D eigenvalue weighted by molar-refractivity contribution is 0.628. The first-order valence-electron chi connectivity index (χ1n) is 5.33.